The highest BCUT2D eigenvalue weighted by Crippen LogP contribution is 2.46. The molecule has 2 heterocycles. The summed E-state index contributed by atoms with van der Waals surface area (Å²) in [5.41, 5.74) is 2.46. The van der Waals surface area contributed by atoms with Gasteiger partial charge in [-0.15, -0.1) is 0 Å². The molecule has 10 heteroatoms. The molecule has 0 N–H and O–H groups in total. The first-order valence-corrected chi connectivity index (χ1v) is 12.4. The zero-order valence-corrected chi connectivity index (χ0v) is 23.0. The molecule has 0 saturated carbocycles. The van der Waals surface area contributed by atoms with Gasteiger partial charge in [0.2, 0.25) is 0 Å². The van der Waals surface area contributed by atoms with Gasteiger partial charge in [0, 0.05) is 29.4 Å². The van der Waals surface area contributed by atoms with Crippen LogP contribution in [0.1, 0.15) is 44.9 Å². The fourth-order valence-electron chi connectivity index (χ4n) is 4.15. The molecule has 0 bridgehead atoms. The predicted octanol–water partition coefficient (Wildman–Crippen LogP) is 6.95. The fourth-order valence-corrected chi connectivity index (χ4v) is 4.83. The van der Waals surface area contributed by atoms with Crippen LogP contribution in [0.25, 0.3) is 0 Å². The summed E-state index contributed by atoms with van der Waals surface area (Å²) in [4.78, 5) is 15.9. The molecule has 0 fully saturated rings. The number of alkyl halides is 2. The van der Waals surface area contributed by atoms with Crippen LogP contribution in [-0.4, -0.2) is 44.6 Å². The van der Waals surface area contributed by atoms with E-state index in [-0.39, 0.29) is 24.8 Å². The third-order valence-electron chi connectivity index (χ3n) is 5.54. The summed E-state index contributed by atoms with van der Waals surface area (Å²) < 4.78 is 46.1. The molecule has 2 aromatic rings. The molecule has 0 unspecified atom stereocenters. The van der Waals surface area contributed by atoms with Gasteiger partial charge in [0.05, 0.1) is 36.7 Å². The molecule has 2 aliphatic heterocycles. The second-order valence-electron chi connectivity index (χ2n) is 8.27. The van der Waals surface area contributed by atoms with E-state index in [1.54, 1.807) is 33.1 Å². The van der Waals surface area contributed by atoms with E-state index in [4.69, 9.17) is 21.1 Å². The second kappa shape index (κ2) is 11.7. The van der Waals surface area contributed by atoms with Crippen molar-refractivity contribution < 1.29 is 27.8 Å². The SMILES string of the molecule is CCOC(C)=O.COc1cccc([C@H]2OCC3=NCC(C)=C(C(C)(F)F)N3c3ccc(Br)cc32)c1Cl. The van der Waals surface area contributed by atoms with E-state index in [1.165, 1.54) is 11.8 Å². The van der Waals surface area contributed by atoms with E-state index in [9.17, 15) is 13.6 Å². The molecule has 6 nitrogen and oxygen atoms in total. The number of ether oxygens (including phenoxy) is 3. The Labute approximate surface area is 223 Å². The summed E-state index contributed by atoms with van der Waals surface area (Å²) in [5, 5.41) is 0.422. The number of anilines is 1. The molecule has 0 radical (unpaired) electrons. The van der Waals surface area contributed by atoms with Crippen LogP contribution in [0, 0.1) is 0 Å². The van der Waals surface area contributed by atoms with Gasteiger partial charge >= 0.3 is 5.97 Å². The van der Waals surface area contributed by atoms with Crippen LogP contribution >= 0.6 is 27.5 Å². The summed E-state index contributed by atoms with van der Waals surface area (Å²) in [7, 11) is 1.54. The average molecular weight is 586 g/mol. The highest BCUT2D eigenvalue weighted by Gasteiger charge is 2.41. The minimum Gasteiger partial charge on any atom is -0.495 e. The van der Waals surface area contributed by atoms with Gasteiger partial charge in [-0.25, -0.2) is 8.78 Å². The molecule has 0 aliphatic carbocycles. The number of hydrogen-bond donors (Lipinski definition) is 0. The lowest BCUT2D eigenvalue weighted by Gasteiger charge is -2.35. The average Bonchev–Trinajstić information content (AvgIpc) is 2.95. The van der Waals surface area contributed by atoms with Crippen molar-refractivity contribution in [3.63, 3.8) is 0 Å². The van der Waals surface area contributed by atoms with Gasteiger partial charge in [0.15, 0.2) is 0 Å². The largest absolute Gasteiger partial charge is 0.495 e. The van der Waals surface area contributed by atoms with Gasteiger partial charge < -0.3 is 14.2 Å². The van der Waals surface area contributed by atoms with Crippen LogP contribution in [0.4, 0.5) is 14.5 Å². The smallest absolute Gasteiger partial charge is 0.302 e. The van der Waals surface area contributed by atoms with Crippen LogP contribution in [0.15, 0.2) is 57.1 Å². The standard InChI is InChI=1S/C22H20BrClF2N2O2.C4H8O2/c1-12-10-27-18-11-30-20(14-5-4-6-17(29-3)19(14)24)15-9-13(23)7-8-16(15)28(18)21(12)22(2,25)26;1-3-6-4(2)5/h4-9,20H,10-11H2,1-3H3;3H2,1-2H3/t20-;/m1./s1. The molecule has 36 heavy (non-hydrogen) atoms. The van der Waals surface area contributed by atoms with Crippen molar-refractivity contribution in [1.29, 1.82) is 0 Å². The van der Waals surface area contributed by atoms with Gasteiger partial charge in [-0.2, -0.15) is 0 Å². The number of benzene rings is 2. The van der Waals surface area contributed by atoms with Crippen molar-refractivity contribution >= 4 is 45.0 Å². The minimum absolute atomic E-state index is 0.0583. The third-order valence-corrected chi connectivity index (χ3v) is 6.43. The van der Waals surface area contributed by atoms with Crippen molar-refractivity contribution in [3.8, 4) is 5.75 Å². The summed E-state index contributed by atoms with van der Waals surface area (Å²) in [5.74, 6) is -2.28. The Morgan fingerprint density at radius 3 is 2.61 bits per heavy atom. The summed E-state index contributed by atoms with van der Waals surface area (Å²) in [6, 6.07) is 10.9. The monoisotopic (exact) mass is 584 g/mol. The van der Waals surface area contributed by atoms with Crippen molar-refractivity contribution in [1.82, 2.24) is 0 Å². The summed E-state index contributed by atoms with van der Waals surface area (Å²) >= 11 is 10.1. The van der Waals surface area contributed by atoms with E-state index in [0.717, 1.165) is 11.4 Å². The molecule has 1 atom stereocenters. The molecule has 194 valence electrons. The van der Waals surface area contributed by atoms with E-state index in [1.807, 2.05) is 24.3 Å². The Bertz CT molecular complexity index is 1200. The Morgan fingerprint density at radius 1 is 1.31 bits per heavy atom. The maximum Gasteiger partial charge on any atom is 0.302 e. The predicted molar refractivity (Wildman–Crippen MR) is 140 cm³/mol. The lowest BCUT2D eigenvalue weighted by molar-refractivity contribution is -0.140. The number of halogens is 4. The molecular formula is C26H28BrClF2N2O4. The normalized spacial score (nSPS) is 17.2. The summed E-state index contributed by atoms with van der Waals surface area (Å²) in [6.07, 6.45) is -0.583. The first-order chi connectivity index (χ1) is 17.0. The number of hydrogen-bond acceptors (Lipinski definition) is 6. The van der Waals surface area contributed by atoms with E-state index in [0.29, 0.717) is 45.6 Å². The Kier molecular flexibility index (Phi) is 9.13. The second-order valence-corrected chi connectivity index (χ2v) is 9.56. The van der Waals surface area contributed by atoms with Crippen molar-refractivity contribution in [2.45, 2.75) is 39.7 Å². The number of aliphatic imine (C=N–C) groups is 1. The number of amidine groups is 1. The Morgan fingerprint density at radius 2 is 2.03 bits per heavy atom. The third kappa shape index (κ3) is 6.07. The molecule has 4 rings (SSSR count). The van der Waals surface area contributed by atoms with Gasteiger partial charge in [0.1, 0.15) is 24.3 Å². The van der Waals surface area contributed by atoms with Gasteiger partial charge in [-0.05, 0) is 43.7 Å². The molecule has 2 aliphatic rings. The number of methoxy groups -OCH3 is 1. The maximum atomic E-state index is 14.7. The van der Waals surface area contributed by atoms with E-state index >= 15 is 0 Å². The van der Waals surface area contributed by atoms with E-state index < -0.39 is 12.0 Å². The lowest BCUT2D eigenvalue weighted by Crippen LogP contribution is -2.42. The van der Waals surface area contributed by atoms with Gasteiger partial charge in [0.25, 0.3) is 5.92 Å². The first-order valence-electron chi connectivity index (χ1n) is 11.3. The number of allylic oxidation sites excluding steroid dienone is 1. The van der Waals surface area contributed by atoms with Gasteiger partial charge in [-0.3, -0.25) is 14.7 Å². The van der Waals surface area contributed by atoms with Crippen molar-refractivity contribution in [2.75, 3.05) is 31.8 Å². The minimum atomic E-state index is -3.04. The Hall–Kier alpha value is -2.49. The number of rotatable bonds is 4. The van der Waals surface area contributed by atoms with Gasteiger partial charge in [-0.1, -0.05) is 39.7 Å². The number of carbonyl (C=O) groups excluding carboxylic acids is 1. The van der Waals surface area contributed by atoms with Crippen LogP contribution in [0.2, 0.25) is 5.02 Å². The maximum absolute atomic E-state index is 14.7. The topological polar surface area (TPSA) is 60.4 Å². The lowest BCUT2D eigenvalue weighted by atomic mass is 9.97. The molecule has 0 spiro atoms. The molecule has 0 aromatic heterocycles. The zero-order valence-electron chi connectivity index (χ0n) is 20.7. The van der Waals surface area contributed by atoms with Crippen LogP contribution < -0.4 is 9.64 Å². The fraction of sp³-hybridized carbons (Fsp3) is 0.385. The molecule has 2 aromatic carbocycles. The molecule has 0 amide bonds. The number of fused-ring (bicyclic) bond motifs is 3. The van der Waals surface area contributed by atoms with Crippen LogP contribution in [-0.2, 0) is 14.3 Å². The summed E-state index contributed by atoms with van der Waals surface area (Å²) in [6.45, 7) is 6.53. The van der Waals surface area contributed by atoms with Crippen molar-refractivity contribution in [2.24, 2.45) is 4.99 Å². The van der Waals surface area contributed by atoms with Crippen LogP contribution in [0.3, 0.4) is 0 Å². The van der Waals surface area contributed by atoms with Crippen LogP contribution in [0.5, 0.6) is 5.75 Å². The zero-order chi connectivity index (χ0) is 26.6. The van der Waals surface area contributed by atoms with Crippen molar-refractivity contribution in [3.05, 3.63) is 68.3 Å². The number of esters is 1. The first kappa shape index (κ1) is 28.1. The molecule has 0 saturated heterocycles. The quantitative estimate of drug-likeness (QED) is 0.364. The number of nitrogens with zero attached hydrogens (tertiary/aromatic N) is 2. The number of carbonyl (C=O) groups is 1. The van der Waals surface area contributed by atoms with E-state index in [2.05, 4.69) is 25.7 Å². The Balaban J connectivity index is 0.000000538. The highest BCUT2D eigenvalue weighted by atomic mass is 79.9. The molecular weight excluding hydrogens is 558 g/mol. The highest BCUT2D eigenvalue weighted by molar-refractivity contribution is 9.10.